The van der Waals surface area contributed by atoms with Crippen LogP contribution in [0.3, 0.4) is 0 Å². The van der Waals surface area contributed by atoms with Crippen LogP contribution < -0.4 is 10.1 Å². The van der Waals surface area contributed by atoms with E-state index in [1.54, 1.807) is 0 Å². The second-order valence-corrected chi connectivity index (χ2v) is 7.47. The van der Waals surface area contributed by atoms with Crippen molar-refractivity contribution in [1.29, 1.82) is 0 Å². The summed E-state index contributed by atoms with van der Waals surface area (Å²) in [6.45, 7) is 10.6. The second-order valence-electron chi connectivity index (χ2n) is 7.47. The number of hydrogen-bond acceptors (Lipinski definition) is 4. The summed E-state index contributed by atoms with van der Waals surface area (Å²) in [6, 6.07) is 8.46. The Morgan fingerprint density at radius 2 is 1.96 bits per heavy atom. The second kappa shape index (κ2) is 7.65. The summed E-state index contributed by atoms with van der Waals surface area (Å²) in [7, 11) is 0. The smallest absolute Gasteiger partial charge is 0.124 e. The van der Waals surface area contributed by atoms with Gasteiger partial charge in [0.25, 0.3) is 0 Å². The first-order valence-corrected chi connectivity index (χ1v) is 8.91. The van der Waals surface area contributed by atoms with Gasteiger partial charge in [0.1, 0.15) is 11.9 Å². The summed E-state index contributed by atoms with van der Waals surface area (Å²) in [5.41, 5.74) is 1.44. The first kappa shape index (κ1) is 16.7. The number of benzene rings is 1. The van der Waals surface area contributed by atoms with Crippen LogP contribution in [0.15, 0.2) is 24.3 Å². The molecule has 0 aromatic heterocycles. The molecule has 2 heterocycles. The van der Waals surface area contributed by atoms with Crippen molar-refractivity contribution in [2.24, 2.45) is 0 Å². The number of likely N-dealkylation sites (tertiary alicyclic amines) is 1. The predicted octanol–water partition coefficient (Wildman–Crippen LogP) is 2.82. The molecule has 1 atom stereocenters. The molecule has 0 radical (unpaired) electrons. The van der Waals surface area contributed by atoms with E-state index in [-0.39, 0.29) is 11.6 Å². The minimum Gasteiger partial charge on any atom is -0.488 e. The van der Waals surface area contributed by atoms with Crippen LogP contribution in [0.4, 0.5) is 0 Å². The lowest BCUT2D eigenvalue weighted by molar-refractivity contribution is 0.141. The maximum absolute atomic E-state index is 5.91. The monoisotopic (exact) mass is 318 g/mol. The maximum Gasteiger partial charge on any atom is 0.124 e. The van der Waals surface area contributed by atoms with E-state index in [4.69, 9.17) is 9.47 Å². The zero-order chi connectivity index (χ0) is 16.1. The molecule has 128 valence electrons. The van der Waals surface area contributed by atoms with Crippen molar-refractivity contribution >= 4 is 0 Å². The molecule has 0 bridgehead atoms. The third-order valence-electron chi connectivity index (χ3n) is 4.70. The van der Waals surface area contributed by atoms with Crippen LogP contribution in [0.1, 0.15) is 38.7 Å². The normalized spacial score (nSPS) is 22.6. The number of nitrogens with one attached hydrogen (secondary N) is 1. The van der Waals surface area contributed by atoms with Gasteiger partial charge in [-0.15, -0.1) is 0 Å². The molecular formula is C19H30N2O2. The predicted molar refractivity (Wildman–Crippen MR) is 92.9 cm³/mol. The van der Waals surface area contributed by atoms with Crippen molar-refractivity contribution in [3.8, 4) is 5.75 Å². The Bertz CT molecular complexity index is 475. The van der Waals surface area contributed by atoms with Crippen LogP contribution in [0, 0.1) is 0 Å². The maximum atomic E-state index is 5.91. The molecule has 3 rings (SSSR count). The van der Waals surface area contributed by atoms with E-state index in [1.807, 2.05) is 0 Å². The van der Waals surface area contributed by atoms with E-state index in [0.717, 1.165) is 31.9 Å². The SMILES string of the molecule is CC(C)(CN1CCCC1)NCc1ccc(OC2CCOC2)cc1. The quantitative estimate of drug-likeness (QED) is 0.838. The molecule has 1 unspecified atom stereocenters. The van der Waals surface area contributed by atoms with Crippen LogP contribution in [0.2, 0.25) is 0 Å². The summed E-state index contributed by atoms with van der Waals surface area (Å²) in [4.78, 5) is 2.56. The van der Waals surface area contributed by atoms with E-state index in [9.17, 15) is 0 Å². The molecular weight excluding hydrogens is 288 g/mol. The Kier molecular flexibility index (Phi) is 5.57. The summed E-state index contributed by atoms with van der Waals surface area (Å²) in [5.74, 6) is 0.945. The van der Waals surface area contributed by atoms with Gasteiger partial charge >= 0.3 is 0 Å². The van der Waals surface area contributed by atoms with Crippen LogP contribution in [-0.4, -0.2) is 49.4 Å². The van der Waals surface area contributed by atoms with E-state index >= 15 is 0 Å². The molecule has 4 nitrogen and oxygen atoms in total. The summed E-state index contributed by atoms with van der Waals surface area (Å²) < 4.78 is 11.3. The van der Waals surface area contributed by atoms with Crippen molar-refractivity contribution in [2.45, 2.75) is 51.3 Å². The lowest BCUT2D eigenvalue weighted by Gasteiger charge is -2.31. The number of ether oxygens (including phenoxy) is 2. The lowest BCUT2D eigenvalue weighted by Crippen LogP contribution is -2.48. The molecule has 2 aliphatic heterocycles. The summed E-state index contributed by atoms with van der Waals surface area (Å²) in [6.07, 6.45) is 3.92. The highest BCUT2D eigenvalue weighted by Gasteiger charge is 2.23. The lowest BCUT2D eigenvalue weighted by atomic mass is 10.0. The molecule has 1 aromatic rings. The van der Waals surface area contributed by atoms with Crippen molar-refractivity contribution in [1.82, 2.24) is 10.2 Å². The van der Waals surface area contributed by atoms with Gasteiger partial charge in [-0.05, 0) is 57.5 Å². The Labute approximate surface area is 140 Å². The van der Waals surface area contributed by atoms with Gasteiger partial charge in [-0.2, -0.15) is 0 Å². The fourth-order valence-electron chi connectivity index (χ4n) is 3.38. The van der Waals surface area contributed by atoms with E-state index in [2.05, 4.69) is 48.3 Å². The zero-order valence-electron chi connectivity index (χ0n) is 14.5. The first-order chi connectivity index (χ1) is 11.1. The Balaban J connectivity index is 1.45. The van der Waals surface area contributed by atoms with Crippen molar-refractivity contribution in [2.75, 3.05) is 32.8 Å². The average Bonchev–Trinajstić information content (AvgIpc) is 3.20. The Morgan fingerprint density at radius 3 is 2.61 bits per heavy atom. The largest absolute Gasteiger partial charge is 0.488 e. The van der Waals surface area contributed by atoms with E-state index in [0.29, 0.717) is 6.61 Å². The molecule has 2 saturated heterocycles. The highest BCUT2D eigenvalue weighted by Crippen LogP contribution is 2.18. The molecule has 2 fully saturated rings. The molecule has 0 aliphatic carbocycles. The van der Waals surface area contributed by atoms with E-state index in [1.165, 1.54) is 31.5 Å². The van der Waals surface area contributed by atoms with Gasteiger partial charge in [0.05, 0.1) is 13.2 Å². The van der Waals surface area contributed by atoms with Crippen LogP contribution in [0.5, 0.6) is 5.75 Å². The Hall–Kier alpha value is -1.10. The summed E-state index contributed by atoms with van der Waals surface area (Å²) in [5, 5.41) is 3.69. The molecule has 23 heavy (non-hydrogen) atoms. The van der Waals surface area contributed by atoms with Crippen LogP contribution in [0.25, 0.3) is 0 Å². The molecule has 4 heteroatoms. The number of nitrogens with zero attached hydrogens (tertiary/aromatic N) is 1. The molecule has 0 spiro atoms. The molecule has 1 N–H and O–H groups in total. The number of hydrogen-bond donors (Lipinski definition) is 1. The van der Waals surface area contributed by atoms with Crippen molar-refractivity contribution in [3.05, 3.63) is 29.8 Å². The number of rotatable bonds is 7. The fraction of sp³-hybridized carbons (Fsp3) is 0.684. The standard InChI is InChI=1S/C19H30N2O2/c1-19(2,15-21-10-3-4-11-21)20-13-16-5-7-17(8-6-16)23-18-9-12-22-14-18/h5-8,18,20H,3-4,9-15H2,1-2H3. The van der Waals surface area contributed by atoms with Crippen LogP contribution in [-0.2, 0) is 11.3 Å². The van der Waals surface area contributed by atoms with Gasteiger partial charge in [0.2, 0.25) is 0 Å². The third kappa shape index (κ3) is 5.20. The fourth-order valence-corrected chi connectivity index (χ4v) is 3.38. The van der Waals surface area contributed by atoms with Gasteiger partial charge in [0.15, 0.2) is 0 Å². The topological polar surface area (TPSA) is 33.7 Å². The van der Waals surface area contributed by atoms with Gasteiger partial charge in [-0.25, -0.2) is 0 Å². The van der Waals surface area contributed by atoms with E-state index < -0.39 is 0 Å². The zero-order valence-corrected chi connectivity index (χ0v) is 14.5. The van der Waals surface area contributed by atoms with Gasteiger partial charge in [-0.1, -0.05) is 12.1 Å². The third-order valence-corrected chi connectivity index (χ3v) is 4.70. The highest BCUT2D eigenvalue weighted by atomic mass is 16.5. The molecule has 1 aromatic carbocycles. The minimum absolute atomic E-state index is 0.140. The van der Waals surface area contributed by atoms with Gasteiger partial charge in [0, 0.05) is 25.0 Å². The van der Waals surface area contributed by atoms with Crippen molar-refractivity contribution < 1.29 is 9.47 Å². The molecule has 2 aliphatic rings. The first-order valence-electron chi connectivity index (χ1n) is 8.91. The van der Waals surface area contributed by atoms with Crippen molar-refractivity contribution in [3.63, 3.8) is 0 Å². The van der Waals surface area contributed by atoms with Crippen LogP contribution >= 0.6 is 0 Å². The Morgan fingerprint density at radius 1 is 1.22 bits per heavy atom. The average molecular weight is 318 g/mol. The highest BCUT2D eigenvalue weighted by molar-refractivity contribution is 5.27. The molecule has 0 saturated carbocycles. The minimum atomic E-state index is 0.140. The molecule has 0 amide bonds. The summed E-state index contributed by atoms with van der Waals surface area (Å²) >= 11 is 0. The van der Waals surface area contributed by atoms with Gasteiger partial charge in [-0.3, -0.25) is 0 Å². The van der Waals surface area contributed by atoms with Gasteiger partial charge < -0.3 is 19.7 Å².